The minimum absolute atomic E-state index is 0.0363. The first-order valence-corrected chi connectivity index (χ1v) is 10.3. The molecule has 1 aliphatic carbocycles. The van der Waals surface area contributed by atoms with Crippen molar-refractivity contribution in [3.05, 3.63) is 106 Å². The molecule has 3 aromatic carbocycles. The summed E-state index contributed by atoms with van der Waals surface area (Å²) in [5, 5.41) is 4.75. The second kappa shape index (κ2) is 7.69. The molecule has 0 spiro atoms. The van der Waals surface area contributed by atoms with Crippen LogP contribution in [0.5, 0.6) is 0 Å². The fourth-order valence-corrected chi connectivity index (χ4v) is 4.23. The standard InChI is InChI=1S/C26H20N2O3/c29-24-15-7-14-23-20(24)16-21(26(31)28(23)18-10-2-1-3-11-18)25(30)27-22-13-6-9-17-8-4-5-12-19(17)22/h1-6,8-13,16H,7,14-15H2,(H,27,30). The van der Waals surface area contributed by atoms with Crippen LogP contribution in [-0.4, -0.2) is 16.3 Å². The van der Waals surface area contributed by atoms with Crippen molar-refractivity contribution < 1.29 is 9.59 Å². The average molecular weight is 408 g/mol. The number of aromatic nitrogens is 1. The quantitative estimate of drug-likeness (QED) is 0.531. The molecule has 1 heterocycles. The molecule has 0 atom stereocenters. The van der Waals surface area contributed by atoms with E-state index < -0.39 is 11.5 Å². The monoisotopic (exact) mass is 408 g/mol. The van der Waals surface area contributed by atoms with Crippen LogP contribution < -0.4 is 10.9 Å². The maximum atomic E-state index is 13.4. The van der Waals surface area contributed by atoms with Crippen LogP contribution in [-0.2, 0) is 6.42 Å². The number of Topliss-reactive ketones (excluding diaryl/α,β-unsaturated/α-hetero) is 1. The molecule has 1 amide bonds. The number of rotatable bonds is 3. The highest BCUT2D eigenvalue weighted by Gasteiger charge is 2.26. The van der Waals surface area contributed by atoms with E-state index in [1.54, 1.807) is 6.07 Å². The summed E-state index contributed by atoms with van der Waals surface area (Å²) in [6.45, 7) is 0. The summed E-state index contributed by atoms with van der Waals surface area (Å²) in [6.07, 6.45) is 1.74. The number of fused-ring (bicyclic) bond motifs is 2. The SMILES string of the molecule is O=C1CCCc2c1cc(C(=O)Nc1cccc3ccccc13)c(=O)n2-c1ccccc1. The maximum absolute atomic E-state index is 13.4. The van der Waals surface area contributed by atoms with Gasteiger partial charge in [0.05, 0.1) is 0 Å². The predicted molar refractivity (Wildman–Crippen MR) is 121 cm³/mol. The third-order valence-electron chi connectivity index (χ3n) is 5.72. The molecule has 152 valence electrons. The molecule has 5 nitrogen and oxygen atoms in total. The lowest BCUT2D eigenvalue weighted by atomic mass is 9.92. The van der Waals surface area contributed by atoms with Crippen LogP contribution in [0.15, 0.2) is 83.7 Å². The largest absolute Gasteiger partial charge is 0.321 e. The van der Waals surface area contributed by atoms with Crippen LogP contribution in [0.4, 0.5) is 5.69 Å². The van der Waals surface area contributed by atoms with Gasteiger partial charge >= 0.3 is 0 Å². The van der Waals surface area contributed by atoms with Crippen molar-refractivity contribution >= 4 is 28.2 Å². The Hall–Kier alpha value is -3.99. The number of anilines is 1. The molecule has 1 aliphatic rings. The van der Waals surface area contributed by atoms with Crippen molar-refractivity contribution in [3.63, 3.8) is 0 Å². The molecule has 0 saturated heterocycles. The Balaban J connectivity index is 1.65. The smallest absolute Gasteiger partial charge is 0.268 e. The van der Waals surface area contributed by atoms with Crippen LogP contribution >= 0.6 is 0 Å². The van der Waals surface area contributed by atoms with Crippen molar-refractivity contribution in [2.75, 3.05) is 5.32 Å². The van der Waals surface area contributed by atoms with Gasteiger partial charge in [-0.15, -0.1) is 0 Å². The number of carbonyl (C=O) groups is 2. The molecule has 0 radical (unpaired) electrons. The first kappa shape index (κ1) is 19.0. The number of hydrogen-bond donors (Lipinski definition) is 1. The van der Waals surface area contributed by atoms with E-state index in [0.717, 1.165) is 10.8 Å². The molecule has 0 fully saturated rings. The normalized spacial score (nSPS) is 13.1. The highest BCUT2D eigenvalue weighted by molar-refractivity contribution is 6.10. The van der Waals surface area contributed by atoms with Gasteiger partial charge in [-0.3, -0.25) is 19.0 Å². The van der Waals surface area contributed by atoms with E-state index in [1.165, 1.54) is 10.6 Å². The van der Waals surface area contributed by atoms with Gasteiger partial charge in [0.1, 0.15) is 5.56 Å². The van der Waals surface area contributed by atoms with Crippen molar-refractivity contribution in [2.24, 2.45) is 0 Å². The molecule has 1 aromatic heterocycles. The number of pyridine rings is 1. The Bertz CT molecular complexity index is 1380. The summed E-state index contributed by atoms with van der Waals surface area (Å²) in [4.78, 5) is 39.3. The maximum Gasteiger partial charge on any atom is 0.268 e. The van der Waals surface area contributed by atoms with E-state index in [1.807, 2.05) is 66.7 Å². The van der Waals surface area contributed by atoms with Crippen molar-refractivity contribution in [3.8, 4) is 5.69 Å². The molecule has 0 saturated carbocycles. The third-order valence-corrected chi connectivity index (χ3v) is 5.72. The minimum atomic E-state index is -0.521. The molecule has 0 bridgehead atoms. The summed E-state index contributed by atoms with van der Waals surface area (Å²) >= 11 is 0. The summed E-state index contributed by atoms with van der Waals surface area (Å²) < 4.78 is 1.52. The summed E-state index contributed by atoms with van der Waals surface area (Å²) in [6, 6.07) is 24.0. The van der Waals surface area contributed by atoms with Gasteiger partial charge in [-0.25, -0.2) is 0 Å². The molecule has 31 heavy (non-hydrogen) atoms. The summed E-state index contributed by atoms with van der Waals surface area (Å²) in [5.74, 6) is -0.558. The van der Waals surface area contributed by atoms with E-state index in [9.17, 15) is 14.4 Å². The number of benzene rings is 3. The first-order chi connectivity index (χ1) is 15.1. The number of ketones is 1. The van der Waals surface area contributed by atoms with Gasteiger partial charge < -0.3 is 5.32 Å². The zero-order valence-electron chi connectivity index (χ0n) is 16.8. The van der Waals surface area contributed by atoms with Crippen LogP contribution in [0.25, 0.3) is 16.5 Å². The minimum Gasteiger partial charge on any atom is -0.321 e. The van der Waals surface area contributed by atoms with Gasteiger partial charge in [0.25, 0.3) is 11.5 Å². The van der Waals surface area contributed by atoms with Crippen molar-refractivity contribution in [1.82, 2.24) is 4.57 Å². The summed E-state index contributed by atoms with van der Waals surface area (Å²) in [7, 11) is 0. The fraction of sp³-hybridized carbons (Fsp3) is 0.115. The molecule has 0 aliphatic heterocycles. The Morgan fingerprint density at radius 1 is 0.839 bits per heavy atom. The van der Waals surface area contributed by atoms with Gasteiger partial charge in [0.15, 0.2) is 5.78 Å². The van der Waals surface area contributed by atoms with Crippen LogP contribution in [0.3, 0.4) is 0 Å². The second-order valence-corrected chi connectivity index (χ2v) is 7.65. The lowest BCUT2D eigenvalue weighted by Gasteiger charge is -2.21. The number of amides is 1. The van der Waals surface area contributed by atoms with E-state index in [4.69, 9.17) is 0 Å². The Labute approximate surface area is 179 Å². The fourth-order valence-electron chi connectivity index (χ4n) is 4.23. The van der Waals surface area contributed by atoms with Crippen LogP contribution in [0.1, 0.15) is 39.3 Å². The van der Waals surface area contributed by atoms with E-state index in [2.05, 4.69) is 5.32 Å². The molecular formula is C26H20N2O3. The Morgan fingerprint density at radius 3 is 2.42 bits per heavy atom. The number of nitrogens with one attached hydrogen (secondary N) is 1. The van der Waals surface area contributed by atoms with Gasteiger partial charge in [-0.2, -0.15) is 0 Å². The average Bonchev–Trinajstić information content (AvgIpc) is 2.80. The van der Waals surface area contributed by atoms with Crippen LogP contribution in [0.2, 0.25) is 0 Å². The Morgan fingerprint density at radius 2 is 1.58 bits per heavy atom. The molecule has 4 aromatic rings. The highest BCUT2D eigenvalue weighted by Crippen LogP contribution is 2.26. The topological polar surface area (TPSA) is 68.2 Å². The van der Waals surface area contributed by atoms with Gasteiger partial charge in [-0.1, -0.05) is 54.6 Å². The first-order valence-electron chi connectivity index (χ1n) is 10.3. The van der Waals surface area contributed by atoms with Gasteiger partial charge in [0, 0.05) is 34.4 Å². The number of para-hydroxylation sites is 1. The molecule has 0 unspecified atom stereocenters. The van der Waals surface area contributed by atoms with Gasteiger partial charge in [0.2, 0.25) is 0 Å². The van der Waals surface area contributed by atoms with E-state index >= 15 is 0 Å². The highest BCUT2D eigenvalue weighted by atomic mass is 16.2. The second-order valence-electron chi connectivity index (χ2n) is 7.65. The Kier molecular flexibility index (Phi) is 4.71. The number of carbonyl (C=O) groups excluding carboxylic acids is 2. The lowest BCUT2D eigenvalue weighted by molar-refractivity contribution is 0.0971. The predicted octanol–water partition coefficient (Wildman–Crippen LogP) is 4.76. The summed E-state index contributed by atoms with van der Waals surface area (Å²) in [5.41, 5.74) is 1.95. The molecular weight excluding hydrogens is 388 g/mol. The zero-order chi connectivity index (χ0) is 21.4. The molecule has 5 heteroatoms. The van der Waals surface area contributed by atoms with Gasteiger partial charge in [-0.05, 0) is 42.5 Å². The van der Waals surface area contributed by atoms with Crippen molar-refractivity contribution in [2.45, 2.75) is 19.3 Å². The van der Waals surface area contributed by atoms with Crippen LogP contribution in [0, 0.1) is 0 Å². The third kappa shape index (κ3) is 3.34. The van der Waals surface area contributed by atoms with E-state index in [-0.39, 0.29) is 11.3 Å². The van der Waals surface area contributed by atoms with Crippen molar-refractivity contribution in [1.29, 1.82) is 0 Å². The molecule has 5 rings (SSSR count). The zero-order valence-corrected chi connectivity index (χ0v) is 16.8. The molecule has 1 N–H and O–H groups in total. The van der Waals surface area contributed by atoms with E-state index in [0.29, 0.717) is 41.9 Å². The number of hydrogen-bond acceptors (Lipinski definition) is 3. The lowest BCUT2D eigenvalue weighted by Crippen LogP contribution is -2.33. The number of nitrogens with zero attached hydrogens (tertiary/aromatic N) is 1.